The summed E-state index contributed by atoms with van der Waals surface area (Å²) in [4.78, 5) is 0. The molecule has 0 radical (unpaired) electrons. The number of nitrogens with one attached hydrogen (secondary N) is 1. The first kappa shape index (κ1) is 17.8. The molecule has 1 N–H and O–H groups in total. The van der Waals surface area contributed by atoms with Crippen molar-refractivity contribution < 1.29 is 9.47 Å². The second kappa shape index (κ2) is 10.5. The van der Waals surface area contributed by atoms with Crippen LogP contribution in [-0.4, -0.2) is 26.3 Å². The van der Waals surface area contributed by atoms with E-state index in [1.54, 1.807) is 7.11 Å². The predicted octanol–water partition coefficient (Wildman–Crippen LogP) is 4.19. The molecule has 1 aromatic carbocycles. The molecule has 120 valence electrons. The summed E-state index contributed by atoms with van der Waals surface area (Å²) in [5.74, 6) is 1.69. The predicted molar refractivity (Wildman–Crippen MR) is 89.5 cm³/mol. The molecule has 0 aromatic heterocycles. The Bertz CT molecular complexity index is 393. The van der Waals surface area contributed by atoms with Crippen LogP contribution in [0, 0.1) is 0 Å². The van der Waals surface area contributed by atoms with Crippen LogP contribution in [0.15, 0.2) is 18.2 Å². The second-order valence-electron chi connectivity index (χ2n) is 5.54. The fraction of sp³-hybridized carbons (Fsp3) is 0.667. The van der Waals surface area contributed by atoms with Gasteiger partial charge in [0.05, 0.1) is 13.7 Å². The highest BCUT2D eigenvalue weighted by atomic mass is 16.5. The van der Waals surface area contributed by atoms with Crippen LogP contribution in [-0.2, 0) is 6.42 Å². The van der Waals surface area contributed by atoms with Crippen molar-refractivity contribution in [3.63, 3.8) is 0 Å². The number of benzene rings is 1. The van der Waals surface area contributed by atoms with E-state index in [1.807, 2.05) is 6.07 Å². The molecule has 21 heavy (non-hydrogen) atoms. The fourth-order valence-electron chi connectivity index (χ4n) is 2.28. The Morgan fingerprint density at radius 3 is 2.62 bits per heavy atom. The van der Waals surface area contributed by atoms with Gasteiger partial charge in [0, 0.05) is 6.04 Å². The lowest BCUT2D eigenvalue weighted by Gasteiger charge is -2.14. The van der Waals surface area contributed by atoms with Gasteiger partial charge in [0.2, 0.25) is 0 Å². The summed E-state index contributed by atoms with van der Waals surface area (Å²) in [5, 5.41) is 3.51. The molecule has 0 spiro atoms. The zero-order valence-corrected chi connectivity index (χ0v) is 14.1. The van der Waals surface area contributed by atoms with Crippen LogP contribution in [0.5, 0.6) is 11.5 Å². The zero-order valence-electron chi connectivity index (χ0n) is 14.1. The lowest BCUT2D eigenvalue weighted by atomic mass is 10.1. The van der Waals surface area contributed by atoms with E-state index in [2.05, 4.69) is 38.2 Å². The number of ether oxygens (including phenoxy) is 2. The summed E-state index contributed by atoms with van der Waals surface area (Å²) in [7, 11) is 1.70. The quantitative estimate of drug-likeness (QED) is 0.620. The van der Waals surface area contributed by atoms with E-state index in [4.69, 9.17) is 9.47 Å². The molecule has 0 saturated heterocycles. The molecule has 1 unspecified atom stereocenters. The molecule has 3 nitrogen and oxygen atoms in total. The normalized spacial score (nSPS) is 12.2. The van der Waals surface area contributed by atoms with Crippen molar-refractivity contribution in [3.05, 3.63) is 23.8 Å². The minimum Gasteiger partial charge on any atom is -0.493 e. The molecule has 0 amide bonds. The third kappa shape index (κ3) is 6.85. The molecule has 0 aliphatic carbocycles. The second-order valence-corrected chi connectivity index (χ2v) is 5.54. The maximum absolute atomic E-state index is 5.85. The SMILES string of the molecule is CCCNC(C)CCCCOc1ccc(CC)cc1OC. The smallest absolute Gasteiger partial charge is 0.161 e. The van der Waals surface area contributed by atoms with E-state index in [0.717, 1.165) is 37.5 Å². The molecule has 1 aromatic rings. The van der Waals surface area contributed by atoms with Gasteiger partial charge in [-0.3, -0.25) is 0 Å². The topological polar surface area (TPSA) is 30.5 Å². The van der Waals surface area contributed by atoms with Gasteiger partial charge in [0.1, 0.15) is 0 Å². The number of rotatable bonds is 11. The van der Waals surface area contributed by atoms with Crippen molar-refractivity contribution >= 4 is 0 Å². The number of hydrogen-bond acceptors (Lipinski definition) is 3. The van der Waals surface area contributed by atoms with Crippen molar-refractivity contribution in [2.24, 2.45) is 0 Å². The summed E-state index contributed by atoms with van der Waals surface area (Å²) < 4.78 is 11.2. The standard InChI is InChI=1S/C18H31NO2/c1-5-12-19-15(3)9-7-8-13-21-17-11-10-16(6-2)14-18(17)20-4/h10-11,14-15,19H,5-9,12-13H2,1-4H3. The first-order valence-corrected chi connectivity index (χ1v) is 8.24. The van der Waals surface area contributed by atoms with Crippen molar-refractivity contribution in [2.75, 3.05) is 20.3 Å². The largest absolute Gasteiger partial charge is 0.493 e. The van der Waals surface area contributed by atoms with Gasteiger partial charge in [-0.1, -0.05) is 19.9 Å². The van der Waals surface area contributed by atoms with Gasteiger partial charge in [-0.25, -0.2) is 0 Å². The maximum atomic E-state index is 5.85. The van der Waals surface area contributed by atoms with Crippen LogP contribution in [0.25, 0.3) is 0 Å². The molecule has 0 bridgehead atoms. The molecule has 3 heteroatoms. The summed E-state index contributed by atoms with van der Waals surface area (Å²) in [6.45, 7) is 8.46. The van der Waals surface area contributed by atoms with Crippen LogP contribution in [0.2, 0.25) is 0 Å². The highest BCUT2D eigenvalue weighted by Gasteiger charge is 2.05. The first-order chi connectivity index (χ1) is 10.2. The van der Waals surface area contributed by atoms with Gasteiger partial charge in [0.25, 0.3) is 0 Å². The van der Waals surface area contributed by atoms with Gasteiger partial charge in [-0.05, 0) is 63.3 Å². The summed E-state index contributed by atoms with van der Waals surface area (Å²) in [6.07, 6.45) is 5.68. The summed E-state index contributed by atoms with van der Waals surface area (Å²) in [6, 6.07) is 6.78. The molecular weight excluding hydrogens is 262 g/mol. The average Bonchev–Trinajstić information content (AvgIpc) is 2.52. The van der Waals surface area contributed by atoms with Crippen molar-refractivity contribution in [3.8, 4) is 11.5 Å². The minimum atomic E-state index is 0.600. The van der Waals surface area contributed by atoms with Crippen molar-refractivity contribution in [1.29, 1.82) is 0 Å². The van der Waals surface area contributed by atoms with E-state index in [0.29, 0.717) is 6.04 Å². The lowest BCUT2D eigenvalue weighted by Crippen LogP contribution is -2.26. The Kier molecular flexibility index (Phi) is 8.91. The van der Waals surface area contributed by atoms with Gasteiger partial charge in [-0.2, -0.15) is 0 Å². The summed E-state index contributed by atoms with van der Waals surface area (Å²) >= 11 is 0. The van der Waals surface area contributed by atoms with E-state index >= 15 is 0 Å². The zero-order chi connectivity index (χ0) is 15.5. The van der Waals surface area contributed by atoms with E-state index in [-0.39, 0.29) is 0 Å². The van der Waals surface area contributed by atoms with Crippen molar-refractivity contribution in [1.82, 2.24) is 5.32 Å². The number of aryl methyl sites for hydroxylation is 1. The third-order valence-corrected chi connectivity index (χ3v) is 3.67. The Hall–Kier alpha value is -1.22. The summed E-state index contributed by atoms with van der Waals surface area (Å²) in [5.41, 5.74) is 1.27. The monoisotopic (exact) mass is 293 g/mol. The first-order valence-electron chi connectivity index (χ1n) is 8.24. The van der Waals surface area contributed by atoms with Gasteiger partial charge in [0.15, 0.2) is 11.5 Å². The molecule has 1 rings (SSSR count). The van der Waals surface area contributed by atoms with E-state index in [9.17, 15) is 0 Å². The minimum absolute atomic E-state index is 0.600. The maximum Gasteiger partial charge on any atom is 0.161 e. The van der Waals surface area contributed by atoms with E-state index in [1.165, 1.54) is 24.8 Å². The molecular formula is C18H31NO2. The fourth-order valence-corrected chi connectivity index (χ4v) is 2.28. The van der Waals surface area contributed by atoms with Gasteiger partial charge >= 0.3 is 0 Å². The molecule has 0 fully saturated rings. The van der Waals surface area contributed by atoms with E-state index < -0.39 is 0 Å². The van der Waals surface area contributed by atoms with Crippen LogP contribution in [0.4, 0.5) is 0 Å². The highest BCUT2D eigenvalue weighted by molar-refractivity contribution is 5.42. The van der Waals surface area contributed by atoms with Gasteiger partial charge in [-0.15, -0.1) is 0 Å². The molecule has 0 saturated carbocycles. The molecule has 0 aliphatic rings. The Balaban J connectivity index is 2.26. The van der Waals surface area contributed by atoms with Crippen LogP contribution < -0.4 is 14.8 Å². The highest BCUT2D eigenvalue weighted by Crippen LogP contribution is 2.28. The Morgan fingerprint density at radius 2 is 1.95 bits per heavy atom. The number of methoxy groups -OCH3 is 1. The van der Waals surface area contributed by atoms with Crippen LogP contribution in [0.1, 0.15) is 52.0 Å². The van der Waals surface area contributed by atoms with Crippen LogP contribution >= 0.6 is 0 Å². The molecule has 0 aliphatic heterocycles. The van der Waals surface area contributed by atoms with Crippen LogP contribution in [0.3, 0.4) is 0 Å². The number of hydrogen-bond donors (Lipinski definition) is 1. The van der Waals surface area contributed by atoms with Gasteiger partial charge < -0.3 is 14.8 Å². The Labute approximate surface area is 130 Å². The molecule has 0 heterocycles. The Morgan fingerprint density at radius 1 is 1.14 bits per heavy atom. The van der Waals surface area contributed by atoms with Crippen molar-refractivity contribution in [2.45, 2.75) is 58.9 Å². The lowest BCUT2D eigenvalue weighted by molar-refractivity contribution is 0.282. The third-order valence-electron chi connectivity index (χ3n) is 3.67. The average molecular weight is 293 g/mol. The number of unbranched alkanes of at least 4 members (excludes halogenated alkanes) is 1. The molecule has 1 atom stereocenters.